The molecule has 32 heavy (non-hydrogen) atoms. The molecule has 1 fully saturated rings. The second kappa shape index (κ2) is 9.24. The Hall–Kier alpha value is -2.37. The van der Waals surface area contributed by atoms with Gasteiger partial charge >= 0.3 is 0 Å². The molecule has 2 heterocycles. The average Bonchev–Trinajstić information content (AvgIpc) is 3.18. The van der Waals surface area contributed by atoms with E-state index in [-0.39, 0.29) is 0 Å². The quantitative estimate of drug-likeness (QED) is 0.437. The van der Waals surface area contributed by atoms with Gasteiger partial charge in [-0.25, -0.2) is 12.4 Å². The van der Waals surface area contributed by atoms with Crippen molar-refractivity contribution in [1.29, 1.82) is 0 Å². The van der Waals surface area contributed by atoms with Gasteiger partial charge in [0.1, 0.15) is 0 Å². The van der Waals surface area contributed by atoms with Gasteiger partial charge in [-0.05, 0) is 62.3 Å². The summed E-state index contributed by atoms with van der Waals surface area (Å²) in [6, 6.07) is 15.4. The first-order valence-electron chi connectivity index (χ1n) is 11.6. The summed E-state index contributed by atoms with van der Waals surface area (Å²) in [5.41, 5.74) is 2.86. The molecule has 1 saturated heterocycles. The van der Waals surface area contributed by atoms with Crippen LogP contribution in [0.1, 0.15) is 37.8 Å². The Kier molecular flexibility index (Phi) is 6.59. The second-order valence-corrected chi connectivity index (χ2v) is 11.0. The van der Waals surface area contributed by atoms with Crippen molar-refractivity contribution in [1.82, 2.24) is 8.87 Å². The zero-order valence-corrected chi connectivity index (χ0v) is 20.2. The Morgan fingerprint density at radius 1 is 1.12 bits per heavy atom. The van der Waals surface area contributed by atoms with Gasteiger partial charge in [0, 0.05) is 30.7 Å². The van der Waals surface area contributed by atoms with Crippen molar-refractivity contribution in [2.75, 3.05) is 13.1 Å². The first-order chi connectivity index (χ1) is 15.3. The van der Waals surface area contributed by atoms with Crippen LogP contribution in [0.15, 0.2) is 72.3 Å². The van der Waals surface area contributed by atoms with E-state index in [1.54, 1.807) is 12.1 Å². The van der Waals surface area contributed by atoms with Crippen LogP contribution in [0, 0.1) is 18.8 Å². The number of para-hydroxylation sites is 1. The molecule has 3 atom stereocenters. The summed E-state index contributed by atoms with van der Waals surface area (Å²) in [7, 11) is -3.65. The number of likely N-dealkylation sites (tertiary alicyclic amines) is 1. The van der Waals surface area contributed by atoms with Crippen molar-refractivity contribution in [3.8, 4) is 0 Å². The Morgan fingerprint density at radius 3 is 2.53 bits per heavy atom. The molecule has 0 N–H and O–H groups in total. The molecule has 0 saturated carbocycles. The summed E-state index contributed by atoms with van der Waals surface area (Å²) in [6.07, 6.45) is 7.14. The van der Waals surface area contributed by atoms with Crippen LogP contribution in [-0.2, 0) is 16.4 Å². The lowest BCUT2D eigenvalue weighted by molar-refractivity contribution is 0.0797. The maximum atomic E-state index is 13.4. The van der Waals surface area contributed by atoms with E-state index in [1.807, 2.05) is 49.5 Å². The zero-order chi connectivity index (χ0) is 22.9. The second-order valence-electron chi connectivity index (χ2n) is 9.17. The van der Waals surface area contributed by atoms with Gasteiger partial charge in [0.15, 0.2) is 0 Å². The van der Waals surface area contributed by atoms with E-state index >= 15 is 0 Å². The van der Waals surface area contributed by atoms with Crippen molar-refractivity contribution >= 4 is 20.9 Å². The number of benzene rings is 2. The summed E-state index contributed by atoms with van der Waals surface area (Å²) in [5, 5.41) is 1.01. The molecule has 0 aliphatic carbocycles. The van der Waals surface area contributed by atoms with Crippen LogP contribution in [0.25, 0.3) is 10.9 Å². The molecule has 4 nitrogen and oxygen atoms in total. The Bertz CT molecular complexity index is 1190. The lowest BCUT2D eigenvalue weighted by Gasteiger charge is -2.42. The highest BCUT2D eigenvalue weighted by Gasteiger charge is 2.31. The smallest absolute Gasteiger partial charge is 0.268 e. The largest absolute Gasteiger partial charge is 0.299 e. The van der Waals surface area contributed by atoms with E-state index in [2.05, 4.69) is 31.4 Å². The van der Waals surface area contributed by atoms with Gasteiger partial charge in [0.2, 0.25) is 0 Å². The van der Waals surface area contributed by atoms with Gasteiger partial charge in [0.25, 0.3) is 10.0 Å². The molecule has 3 unspecified atom stereocenters. The fourth-order valence-corrected chi connectivity index (χ4v) is 6.49. The van der Waals surface area contributed by atoms with Crippen LogP contribution < -0.4 is 0 Å². The van der Waals surface area contributed by atoms with E-state index in [0.717, 1.165) is 41.5 Å². The molecule has 0 amide bonds. The number of hydrogen-bond donors (Lipinski definition) is 0. The number of rotatable bonds is 7. The van der Waals surface area contributed by atoms with Crippen molar-refractivity contribution in [2.45, 2.75) is 51.0 Å². The molecule has 170 valence electrons. The maximum absolute atomic E-state index is 13.4. The standard InChI is InChI=1S/C27H34N2O2S/c1-5-22-17-23(6-2)21(4)28(18-22)16-15-24-19-29(27-10-8-7-9-26(24)27)32(30,31)25-13-11-20(3)12-14-25/h5,7-14,19,21-23H,1,6,15-18H2,2-4H3. The first kappa shape index (κ1) is 22.8. The highest BCUT2D eigenvalue weighted by atomic mass is 32.2. The molecule has 0 spiro atoms. The van der Waals surface area contributed by atoms with Gasteiger partial charge in [-0.2, -0.15) is 0 Å². The third kappa shape index (κ3) is 4.28. The normalized spacial score (nSPS) is 22.3. The van der Waals surface area contributed by atoms with E-state index in [9.17, 15) is 8.42 Å². The van der Waals surface area contributed by atoms with Gasteiger partial charge in [0.05, 0.1) is 10.4 Å². The summed E-state index contributed by atoms with van der Waals surface area (Å²) in [4.78, 5) is 2.88. The van der Waals surface area contributed by atoms with E-state index in [4.69, 9.17) is 0 Å². The molecular formula is C27H34N2O2S. The van der Waals surface area contributed by atoms with Crippen LogP contribution in [0.5, 0.6) is 0 Å². The predicted octanol–water partition coefficient (Wildman–Crippen LogP) is 5.65. The van der Waals surface area contributed by atoms with Gasteiger partial charge in [-0.3, -0.25) is 4.90 Å². The predicted molar refractivity (Wildman–Crippen MR) is 133 cm³/mol. The average molecular weight is 451 g/mol. The number of aryl methyl sites for hydroxylation is 1. The number of piperidine rings is 1. The summed E-state index contributed by atoms with van der Waals surface area (Å²) < 4.78 is 28.3. The fraction of sp³-hybridized carbons (Fsp3) is 0.407. The van der Waals surface area contributed by atoms with Gasteiger partial charge in [-0.1, -0.05) is 55.3 Å². The molecule has 0 radical (unpaired) electrons. The minimum Gasteiger partial charge on any atom is -0.299 e. The summed E-state index contributed by atoms with van der Waals surface area (Å²) in [5.74, 6) is 1.20. The van der Waals surface area contributed by atoms with Crippen molar-refractivity contribution in [3.63, 3.8) is 0 Å². The molecule has 0 bridgehead atoms. The lowest BCUT2D eigenvalue weighted by atomic mass is 9.82. The maximum Gasteiger partial charge on any atom is 0.268 e. The van der Waals surface area contributed by atoms with E-state index in [1.165, 1.54) is 16.8 Å². The van der Waals surface area contributed by atoms with Gasteiger partial charge < -0.3 is 0 Å². The van der Waals surface area contributed by atoms with Crippen LogP contribution in [0.3, 0.4) is 0 Å². The zero-order valence-electron chi connectivity index (χ0n) is 19.4. The number of fused-ring (bicyclic) bond motifs is 1. The third-order valence-corrected chi connectivity index (χ3v) is 8.88. The van der Waals surface area contributed by atoms with Crippen molar-refractivity contribution < 1.29 is 8.42 Å². The Morgan fingerprint density at radius 2 is 1.84 bits per heavy atom. The SMILES string of the molecule is C=CC1CC(CC)C(C)N(CCc2cn(S(=O)(=O)c3ccc(C)cc3)c3ccccc23)C1. The molecule has 3 aromatic rings. The molecule has 1 aliphatic rings. The molecule has 1 aliphatic heterocycles. The highest BCUT2D eigenvalue weighted by Crippen LogP contribution is 2.31. The molecule has 2 aromatic carbocycles. The number of aromatic nitrogens is 1. The monoisotopic (exact) mass is 450 g/mol. The Labute approximate surface area is 192 Å². The first-order valence-corrected chi connectivity index (χ1v) is 13.1. The molecule has 4 rings (SSSR count). The van der Waals surface area contributed by atoms with Crippen LogP contribution in [0.4, 0.5) is 0 Å². The fourth-order valence-electron chi connectivity index (χ4n) is 5.10. The Balaban J connectivity index is 1.65. The van der Waals surface area contributed by atoms with Crippen LogP contribution >= 0.6 is 0 Å². The molecular weight excluding hydrogens is 416 g/mol. The summed E-state index contributed by atoms with van der Waals surface area (Å²) >= 11 is 0. The third-order valence-electron chi connectivity index (χ3n) is 7.20. The van der Waals surface area contributed by atoms with Crippen LogP contribution in [0.2, 0.25) is 0 Å². The molecule has 5 heteroatoms. The van der Waals surface area contributed by atoms with Gasteiger partial charge in [-0.15, -0.1) is 6.58 Å². The van der Waals surface area contributed by atoms with E-state index in [0.29, 0.717) is 22.8 Å². The minimum absolute atomic E-state index is 0.319. The van der Waals surface area contributed by atoms with Crippen molar-refractivity contribution in [2.24, 2.45) is 11.8 Å². The van der Waals surface area contributed by atoms with Crippen LogP contribution in [-0.4, -0.2) is 36.4 Å². The lowest BCUT2D eigenvalue weighted by Crippen LogP contribution is -2.47. The minimum atomic E-state index is -3.65. The van der Waals surface area contributed by atoms with E-state index < -0.39 is 10.0 Å². The highest BCUT2D eigenvalue weighted by molar-refractivity contribution is 7.90. The number of nitrogens with zero attached hydrogens (tertiary/aromatic N) is 2. The van der Waals surface area contributed by atoms with Crippen molar-refractivity contribution in [3.05, 3.63) is 78.5 Å². The number of hydrogen-bond acceptors (Lipinski definition) is 3. The molecule has 1 aromatic heterocycles. The summed E-state index contributed by atoms with van der Waals surface area (Å²) in [6.45, 7) is 12.5. The topological polar surface area (TPSA) is 42.3 Å².